The molecule has 0 spiro atoms. The minimum atomic E-state index is -0.403. The SMILES string of the molecule is COC(=O)NC(C)Cc1ccc(-c2cnc(N3CCCC3)nc2)cc1. The third kappa shape index (κ3) is 4.47. The van der Waals surface area contributed by atoms with Crippen LogP contribution < -0.4 is 10.2 Å². The van der Waals surface area contributed by atoms with E-state index in [1.807, 2.05) is 19.3 Å². The van der Waals surface area contributed by atoms with E-state index >= 15 is 0 Å². The number of hydrogen-bond acceptors (Lipinski definition) is 5. The molecule has 1 fully saturated rings. The second kappa shape index (κ2) is 7.96. The first-order valence-electron chi connectivity index (χ1n) is 8.66. The van der Waals surface area contributed by atoms with Crippen LogP contribution in [0.25, 0.3) is 11.1 Å². The highest BCUT2D eigenvalue weighted by Crippen LogP contribution is 2.21. The van der Waals surface area contributed by atoms with Gasteiger partial charge >= 0.3 is 6.09 Å². The Hall–Kier alpha value is -2.63. The summed E-state index contributed by atoms with van der Waals surface area (Å²) in [5.74, 6) is 0.820. The largest absolute Gasteiger partial charge is 0.453 e. The summed E-state index contributed by atoms with van der Waals surface area (Å²) in [5, 5.41) is 2.77. The summed E-state index contributed by atoms with van der Waals surface area (Å²) in [7, 11) is 1.37. The molecule has 6 heteroatoms. The van der Waals surface area contributed by atoms with Gasteiger partial charge in [-0.2, -0.15) is 0 Å². The van der Waals surface area contributed by atoms with Gasteiger partial charge in [0, 0.05) is 37.1 Å². The van der Waals surface area contributed by atoms with Gasteiger partial charge in [0.05, 0.1) is 7.11 Å². The van der Waals surface area contributed by atoms with E-state index in [0.29, 0.717) is 0 Å². The molecule has 6 nitrogen and oxygen atoms in total. The number of nitrogens with one attached hydrogen (secondary N) is 1. The van der Waals surface area contributed by atoms with Crippen LogP contribution in [0.5, 0.6) is 0 Å². The predicted octanol–water partition coefficient (Wildman–Crippen LogP) is 3.03. The molecule has 0 aliphatic carbocycles. The van der Waals surface area contributed by atoms with Crippen LogP contribution >= 0.6 is 0 Å². The maximum Gasteiger partial charge on any atom is 0.407 e. The number of ether oxygens (including phenoxy) is 1. The number of methoxy groups -OCH3 is 1. The van der Waals surface area contributed by atoms with Crippen LogP contribution in [0.15, 0.2) is 36.7 Å². The molecule has 2 heterocycles. The van der Waals surface area contributed by atoms with E-state index in [9.17, 15) is 4.79 Å². The number of aromatic nitrogens is 2. The molecule has 1 amide bonds. The summed E-state index contributed by atoms with van der Waals surface area (Å²) in [6.45, 7) is 4.05. The van der Waals surface area contributed by atoms with Crippen molar-refractivity contribution in [3.05, 3.63) is 42.2 Å². The molecule has 1 aromatic carbocycles. The van der Waals surface area contributed by atoms with Crippen molar-refractivity contribution in [1.29, 1.82) is 0 Å². The Balaban J connectivity index is 1.62. The second-order valence-corrected chi connectivity index (χ2v) is 6.40. The molecular weight excluding hydrogens is 316 g/mol. The number of hydrogen-bond donors (Lipinski definition) is 1. The molecule has 0 bridgehead atoms. The van der Waals surface area contributed by atoms with E-state index in [4.69, 9.17) is 0 Å². The third-order valence-corrected chi connectivity index (χ3v) is 4.41. The van der Waals surface area contributed by atoms with Crippen LogP contribution in [-0.2, 0) is 11.2 Å². The summed E-state index contributed by atoms with van der Waals surface area (Å²) >= 11 is 0. The fourth-order valence-electron chi connectivity index (χ4n) is 3.05. The van der Waals surface area contributed by atoms with E-state index < -0.39 is 6.09 Å². The second-order valence-electron chi connectivity index (χ2n) is 6.40. The fourth-order valence-corrected chi connectivity index (χ4v) is 3.05. The zero-order valence-corrected chi connectivity index (χ0v) is 14.7. The van der Waals surface area contributed by atoms with E-state index in [1.165, 1.54) is 20.0 Å². The minimum absolute atomic E-state index is 0.0152. The Labute approximate surface area is 148 Å². The average Bonchev–Trinajstić information content (AvgIpc) is 3.17. The van der Waals surface area contributed by atoms with Crippen molar-refractivity contribution in [3.8, 4) is 11.1 Å². The Bertz CT molecular complexity index is 694. The lowest BCUT2D eigenvalue weighted by atomic mass is 10.0. The molecule has 1 N–H and O–H groups in total. The Kier molecular flexibility index (Phi) is 5.48. The average molecular weight is 340 g/mol. The van der Waals surface area contributed by atoms with Gasteiger partial charge in [-0.25, -0.2) is 14.8 Å². The molecule has 0 radical (unpaired) electrons. The number of rotatable bonds is 5. The van der Waals surface area contributed by atoms with Crippen LogP contribution in [0.2, 0.25) is 0 Å². The molecule has 0 saturated carbocycles. The quantitative estimate of drug-likeness (QED) is 0.906. The molecule has 1 atom stereocenters. The van der Waals surface area contributed by atoms with Crippen molar-refractivity contribution in [2.75, 3.05) is 25.1 Å². The van der Waals surface area contributed by atoms with Gasteiger partial charge in [0.15, 0.2) is 0 Å². The number of anilines is 1. The zero-order chi connectivity index (χ0) is 17.6. The van der Waals surface area contributed by atoms with E-state index in [1.54, 1.807) is 0 Å². The highest BCUT2D eigenvalue weighted by atomic mass is 16.5. The van der Waals surface area contributed by atoms with Crippen molar-refractivity contribution >= 4 is 12.0 Å². The van der Waals surface area contributed by atoms with Gasteiger partial charge in [0.1, 0.15) is 0 Å². The normalized spacial score (nSPS) is 15.0. The molecule has 1 unspecified atom stereocenters. The Morgan fingerprint density at radius 2 is 1.80 bits per heavy atom. The number of benzene rings is 1. The van der Waals surface area contributed by atoms with E-state index in [2.05, 4.69) is 49.2 Å². The molecule has 1 aliphatic rings. The van der Waals surface area contributed by atoms with Gasteiger partial charge in [0.25, 0.3) is 0 Å². The standard InChI is InChI=1S/C19H24N4O2/c1-14(22-19(24)25-2)11-15-5-7-16(8-6-15)17-12-20-18(21-13-17)23-9-3-4-10-23/h5-8,12-14H,3-4,9-11H2,1-2H3,(H,22,24). The summed E-state index contributed by atoms with van der Waals surface area (Å²) in [6.07, 6.45) is 6.55. The highest BCUT2D eigenvalue weighted by Gasteiger charge is 2.14. The van der Waals surface area contributed by atoms with Crippen molar-refractivity contribution < 1.29 is 9.53 Å². The number of nitrogens with zero attached hydrogens (tertiary/aromatic N) is 3. The summed E-state index contributed by atoms with van der Waals surface area (Å²) in [4.78, 5) is 22.5. The maximum absolute atomic E-state index is 11.2. The van der Waals surface area contributed by atoms with Crippen molar-refractivity contribution in [1.82, 2.24) is 15.3 Å². The smallest absolute Gasteiger partial charge is 0.407 e. The number of carbonyl (C=O) groups excluding carboxylic acids is 1. The van der Waals surface area contributed by atoms with Gasteiger partial charge in [0.2, 0.25) is 5.95 Å². The number of alkyl carbamates (subject to hydrolysis) is 1. The van der Waals surface area contributed by atoms with Gasteiger partial charge in [-0.15, -0.1) is 0 Å². The number of amides is 1. The molecule has 2 aromatic rings. The molecule has 132 valence electrons. The van der Waals surface area contributed by atoms with Crippen LogP contribution in [-0.4, -0.2) is 42.3 Å². The first-order chi connectivity index (χ1) is 12.2. The van der Waals surface area contributed by atoms with Crippen molar-refractivity contribution in [3.63, 3.8) is 0 Å². The molecule has 1 saturated heterocycles. The van der Waals surface area contributed by atoms with Crippen LogP contribution in [0.4, 0.5) is 10.7 Å². The monoisotopic (exact) mass is 340 g/mol. The van der Waals surface area contributed by atoms with Crippen LogP contribution in [0.3, 0.4) is 0 Å². The molecular formula is C19H24N4O2. The topological polar surface area (TPSA) is 67.3 Å². The summed E-state index contributed by atoms with van der Waals surface area (Å²) in [5.41, 5.74) is 3.25. The summed E-state index contributed by atoms with van der Waals surface area (Å²) in [6, 6.07) is 8.28. The zero-order valence-electron chi connectivity index (χ0n) is 14.7. The summed E-state index contributed by atoms with van der Waals surface area (Å²) < 4.78 is 4.61. The minimum Gasteiger partial charge on any atom is -0.453 e. The lowest BCUT2D eigenvalue weighted by Gasteiger charge is -2.15. The van der Waals surface area contributed by atoms with Crippen LogP contribution in [0, 0.1) is 0 Å². The fraction of sp³-hybridized carbons (Fsp3) is 0.421. The molecule has 25 heavy (non-hydrogen) atoms. The Morgan fingerprint density at radius 1 is 1.16 bits per heavy atom. The van der Waals surface area contributed by atoms with E-state index in [0.717, 1.165) is 42.1 Å². The van der Waals surface area contributed by atoms with Crippen molar-refractivity contribution in [2.24, 2.45) is 0 Å². The first kappa shape index (κ1) is 17.2. The Morgan fingerprint density at radius 3 is 2.40 bits per heavy atom. The first-order valence-corrected chi connectivity index (χ1v) is 8.66. The lowest BCUT2D eigenvalue weighted by Crippen LogP contribution is -2.33. The lowest BCUT2D eigenvalue weighted by molar-refractivity contribution is 0.167. The number of carbonyl (C=O) groups is 1. The maximum atomic E-state index is 11.2. The molecule has 1 aliphatic heterocycles. The highest BCUT2D eigenvalue weighted by molar-refractivity contribution is 5.67. The van der Waals surface area contributed by atoms with Crippen molar-refractivity contribution in [2.45, 2.75) is 32.2 Å². The van der Waals surface area contributed by atoms with E-state index in [-0.39, 0.29) is 6.04 Å². The third-order valence-electron chi connectivity index (χ3n) is 4.41. The van der Waals surface area contributed by atoms with Gasteiger partial charge < -0.3 is 15.0 Å². The van der Waals surface area contributed by atoms with Gasteiger partial charge in [-0.3, -0.25) is 0 Å². The molecule has 1 aromatic heterocycles. The van der Waals surface area contributed by atoms with Gasteiger partial charge in [-0.05, 0) is 37.3 Å². The van der Waals surface area contributed by atoms with Crippen LogP contribution in [0.1, 0.15) is 25.3 Å². The molecule has 3 rings (SSSR count). The van der Waals surface area contributed by atoms with Gasteiger partial charge in [-0.1, -0.05) is 24.3 Å². The predicted molar refractivity (Wildman–Crippen MR) is 97.6 cm³/mol.